The van der Waals surface area contributed by atoms with Crippen molar-refractivity contribution in [2.75, 3.05) is 17.0 Å². The van der Waals surface area contributed by atoms with Crippen LogP contribution in [0.4, 0.5) is 5.69 Å². The highest BCUT2D eigenvalue weighted by atomic mass is 35.5. The van der Waals surface area contributed by atoms with E-state index < -0.39 is 10.0 Å². The van der Waals surface area contributed by atoms with E-state index in [0.29, 0.717) is 30.1 Å². The molecule has 1 unspecified atom stereocenters. The first-order valence-electron chi connectivity index (χ1n) is 7.56. The first kappa shape index (κ1) is 19.7. The van der Waals surface area contributed by atoms with Crippen LogP contribution < -0.4 is 15.8 Å². The third-order valence-corrected chi connectivity index (χ3v) is 5.15. The van der Waals surface area contributed by atoms with Crippen LogP contribution in [0.5, 0.6) is 0 Å². The number of hydrogen-bond donors (Lipinski definition) is 3. The average molecular weight is 362 g/mol. The van der Waals surface area contributed by atoms with Crippen LogP contribution in [0, 0.1) is 5.92 Å². The molecule has 2 rings (SSSR count). The normalized spacial score (nSPS) is 15.4. The number of nitrogens with one attached hydrogen (secondary N) is 2. The monoisotopic (exact) mass is 361 g/mol. The fourth-order valence-electron chi connectivity index (χ4n) is 2.31. The van der Waals surface area contributed by atoms with E-state index in [9.17, 15) is 13.2 Å². The Morgan fingerprint density at radius 2 is 1.91 bits per heavy atom. The third kappa shape index (κ3) is 6.01. The molecule has 0 spiro atoms. The van der Waals surface area contributed by atoms with Gasteiger partial charge in [0.25, 0.3) is 5.91 Å². The van der Waals surface area contributed by atoms with Crippen molar-refractivity contribution in [3.05, 3.63) is 29.8 Å². The molecule has 130 valence electrons. The summed E-state index contributed by atoms with van der Waals surface area (Å²) in [5.41, 5.74) is 6.63. The van der Waals surface area contributed by atoms with Gasteiger partial charge < -0.3 is 11.1 Å². The van der Waals surface area contributed by atoms with Crippen molar-refractivity contribution in [2.24, 2.45) is 11.7 Å². The van der Waals surface area contributed by atoms with Crippen LogP contribution in [0.3, 0.4) is 0 Å². The largest absolute Gasteiger partial charge is 0.348 e. The number of benzene rings is 1. The summed E-state index contributed by atoms with van der Waals surface area (Å²) >= 11 is 0. The molecule has 1 saturated carbocycles. The maximum atomic E-state index is 12.1. The summed E-state index contributed by atoms with van der Waals surface area (Å²) in [6.07, 6.45) is 2.78. The molecule has 0 aromatic heterocycles. The molecular weight excluding hydrogens is 338 g/mol. The molecule has 0 bridgehead atoms. The molecule has 0 saturated heterocycles. The molecule has 1 aliphatic rings. The summed E-state index contributed by atoms with van der Waals surface area (Å²) in [5, 5.41) is 2.93. The van der Waals surface area contributed by atoms with Crippen LogP contribution in [0.25, 0.3) is 0 Å². The van der Waals surface area contributed by atoms with Crippen LogP contribution in [-0.4, -0.2) is 32.7 Å². The lowest BCUT2D eigenvalue weighted by atomic mass is 10.1. The Labute approximate surface area is 143 Å². The molecule has 1 atom stereocenters. The minimum atomic E-state index is -3.31. The molecule has 0 aliphatic heterocycles. The fourth-order valence-corrected chi connectivity index (χ4v) is 3.44. The van der Waals surface area contributed by atoms with E-state index in [1.807, 2.05) is 0 Å². The highest BCUT2D eigenvalue weighted by molar-refractivity contribution is 7.92. The van der Waals surface area contributed by atoms with Crippen LogP contribution in [0.2, 0.25) is 0 Å². The molecule has 6 nitrogen and oxygen atoms in total. The van der Waals surface area contributed by atoms with E-state index in [1.54, 1.807) is 31.2 Å². The summed E-state index contributed by atoms with van der Waals surface area (Å²) < 4.78 is 25.8. The van der Waals surface area contributed by atoms with E-state index in [4.69, 9.17) is 5.73 Å². The third-order valence-electron chi connectivity index (χ3n) is 3.65. The van der Waals surface area contributed by atoms with E-state index in [-0.39, 0.29) is 30.1 Å². The molecule has 1 aliphatic carbocycles. The Bertz CT molecular complexity index is 615. The summed E-state index contributed by atoms with van der Waals surface area (Å²) in [4.78, 5) is 12.1. The van der Waals surface area contributed by atoms with Crippen molar-refractivity contribution < 1.29 is 13.2 Å². The molecule has 8 heteroatoms. The lowest BCUT2D eigenvalue weighted by molar-refractivity contribution is 0.0933. The standard InChI is InChI=1S/C15H23N3O3S.ClH/c1-2-9-22(20,21)18-13-7-5-12(6-8-13)15(19)17-14(10-16)11-3-4-11;/h5-8,11,14,18H,2-4,9-10,16H2,1H3,(H,17,19);1H. The second-order valence-electron chi connectivity index (χ2n) is 5.65. The Balaban J connectivity index is 0.00000264. The number of amides is 1. The van der Waals surface area contributed by atoms with Crippen molar-refractivity contribution in [3.63, 3.8) is 0 Å². The zero-order valence-corrected chi connectivity index (χ0v) is 14.8. The molecule has 1 fully saturated rings. The highest BCUT2D eigenvalue weighted by Crippen LogP contribution is 2.32. The summed E-state index contributed by atoms with van der Waals surface area (Å²) in [7, 11) is -3.31. The number of halogens is 1. The van der Waals surface area contributed by atoms with Crippen LogP contribution in [0.15, 0.2) is 24.3 Å². The van der Waals surface area contributed by atoms with Crippen molar-refractivity contribution in [3.8, 4) is 0 Å². The SMILES string of the molecule is CCCS(=O)(=O)Nc1ccc(C(=O)NC(CN)C2CC2)cc1.Cl. The average Bonchev–Trinajstić information content (AvgIpc) is 3.29. The Morgan fingerprint density at radius 3 is 2.39 bits per heavy atom. The lowest BCUT2D eigenvalue weighted by Gasteiger charge is -2.16. The zero-order valence-electron chi connectivity index (χ0n) is 13.1. The van der Waals surface area contributed by atoms with Gasteiger partial charge in [-0.05, 0) is 49.4 Å². The van der Waals surface area contributed by atoms with Crippen LogP contribution >= 0.6 is 12.4 Å². The number of sulfonamides is 1. The van der Waals surface area contributed by atoms with Crippen molar-refractivity contribution in [2.45, 2.75) is 32.2 Å². The minimum absolute atomic E-state index is 0. The first-order valence-corrected chi connectivity index (χ1v) is 9.22. The van der Waals surface area contributed by atoms with E-state index in [1.165, 1.54) is 0 Å². The highest BCUT2D eigenvalue weighted by Gasteiger charge is 2.31. The molecule has 1 aromatic rings. The van der Waals surface area contributed by atoms with Gasteiger partial charge in [0.2, 0.25) is 10.0 Å². The molecule has 0 radical (unpaired) electrons. The summed E-state index contributed by atoms with van der Waals surface area (Å²) in [6, 6.07) is 6.43. The van der Waals surface area contributed by atoms with Gasteiger partial charge in [-0.3, -0.25) is 9.52 Å². The van der Waals surface area contributed by atoms with Gasteiger partial charge in [0, 0.05) is 23.8 Å². The van der Waals surface area contributed by atoms with E-state index in [0.717, 1.165) is 12.8 Å². The van der Waals surface area contributed by atoms with Gasteiger partial charge in [-0.2, -0.15) is 0 Å². The topological polar surface area (TPSA) is 101 Å². The van der Waals surface area contributed by atoms with Gasteiger partial charge in [-0.1, -0.05) is 6.92 Å². The molecule has 1 aromatic carbocycles. The van der Waals surface area contributed by atoms with Gasteiger partial charge in [0.1, 0.15) is 0 Å². The lowest BCUT2D eigenvalue weighted by Crippen LogP contribution is -2.41. The second-order valence-corrected chi connectivity index (χ2v) is 7.49. The maximum absolute atomic E-state index is 12.1. The predicted molar refractivity (Wildman–Crippen MR) is 94.4 cm³/mol. The smallest absolute Gasteiger partial charge is 0.251 e. The molecule has 4 N–H and O–H groups in total. The Hall–Kier alpha value is -1.31. The van der Waals surface area contributed by atoms with Crippen molar-refractivity contribution >= 4 is 34.0 Å². The molecule has 23 heavy (non-hydrogen) atoms. The van der Waals surface area contributed by atoms with Gasteiger partial charge in [-0.15, -0.1) is 12.4 Å². The number of anilines is 1. The first-order chi connectivity index (χ1) is 10.4. The predicted octanol–water partition coefficient (Wildman–Crippen LogP) is 1.73. The van der Waals surface area contributed by atoms with Gasteiger partial charge in [-0.25, -0.2) is 8.42 Å². The van der Waals surface area contributed by atoms with Gasteiger partial charge in [0.05, 0.1) is 5.75 Å². The van der Waals surface area contributed by atoms with E-state index in [2.05, 4.69) is 10.0 Å². The maximum Gasteiger partial charge on any atom is 0.251 e. The summed E-state index contributed by atoms with van der Waals surface area (Å²) in [6.45, 7) is 2.24. The minimum Gasteiger partial charge on any atom is -0.348 e. The molecular formula is C15H24ClN3O3S. The van der Waals surface area contributed by atoms with Crippen molar-refractivity contribution in [1.82, 2.24) is 5.32 Å². The Kier molecular flexibility index (Phi) is 7.31. The number of carbonyl (C=O) groups excluding carboxylic acids is 1. The second kappa shape index (κ2) is 8.52. The number of carbonyl (C=O) groups is 1. The number of rotatable bonds is 8. The zero-order chi connectivity index (χ0) is 16.2. The number of nitrogens with two attached hydrogens (primary N) is 1. The molecule has 1 amide bonds. The van der Waals surface area contributed by atoms with Gasteiger partial charge >= 0.3 is 0 Å². The fraction of sp³-hybridized carbons (Fsp3) is 0.533. The quantitative estimate of drug-likeness (QED) is 0.656. The van der Waals surface area contributed by atoms with Crippen LogP contribution in [-0.2, 0) is 10.0 Å². The molecule has 0 heterocycles. The van der Waals surface area contributed by atoms with Gasteiger partial charge in [0.15, 0.2) is 0 Å². The number of hydrogen-bond acceptors (Lipinski definition) is 4. The van der Waals surface area contributed by atoms with Crippen molar-refractivity contribution in [1.29, 1.82) is 0 Å². The summed E-state index contributed by atoms with van der Waals surface area (Å²) in [5.74, 6) is 0.397. The van der Waals surface area contributed by atoms with Crippen LogP contribution in [0.1, 0.15) is 36.5 Å². The van der Waals surface area contributed by atoms with E-state index >= 15 is 0 Å². The Morgan fingerprint density at radius 1 is 1.30 bits per heavy atom.